The summed E-state index contributed by atoms with van der Waals surface area (Å²) in [4.78, 5) is 12.7. The third-order valence-corrected chi connectivity index (χ3v) is 4.22. The molecule has 5 heteroatoms. The average Bonchev–Trinajstić information content (AvgIpc) is 3.14. The van der Waals surface area contributed by atoms with E-state index in [1.807, 2.05) is 48.5 Å². The monoisotopic (exact) mass is 340 g/mol. The number of nitrogens with one attached hydrogen (secondary N) is 2. The quantitative estimate of drug-likeness (QED) is 0.645. The van der Waals surface area contributed by atoms with Crippen molar-refractivity contribution in [2.24, 2.45) is 0 Å². The number of para-hydroxylation sites is 1. The Morgan fingerprint density at radius 3 is 2.62 bits per heavy atom. The van der Waals surface area contributed by atoms with Crippen molar-refractivity contribution in [3.63, 3.8) is 0 Å². The van der Waals surface area contributed by atoms with E-state index in [-0.39, 0.29) is 11.9 Å². The molecule has 4 nitrogen and oxygen atoms in total. The predicted molar refractivity (Wildman–Crippen MR) is 99.5 cm³/mol. The van der Waals surface area contributed by atoms with Gasteiger partial charge in [0, 0.05) is 24.3 Å². The molecule has 0 spiro atoms. The lowest BCUT2D eigenvalue weighted by atomic mass is 10.0. The third-order valence-electron chi connectivity index (χ3n) is 3.97. The number of hydrogen-bond donors (Lipinski definition) is 2. The Morgan fingerprint density at radius 1 is 1.12 bits per heavy atom. The normalized spacial score (nSPS) is 16.6. The van der Waals surface area contributed by atoms with E-state index in [2.05, 4.69) is 10.6 Å². The Morgan fingerprint density at radius 2 is 1.88 bits per heavy atom. The van der Waals surface area contributed by atoms with Crippen LogP contribution in [0.5, 0.6) is 0 Å². The lowest BCUT2D eigenvalue weighted by Crippen LogP contribution is -2.35. The first-order valence-electron chi connectivity index (χ1n) is 8.09. The molecule has 2 aromatic carbocycles. The molecule has 0 saturated carbocycles. The highest BCUT2D eigenvalue weighted by Crippen LogP contribution is 2.19. The molecule has 3 rings (SSSR count). The minimum atomic E-state index is -0.0272. The Labute approximate surface area is 147 Å². The van der Waals surface area contributed by atoms with E-state index in [1.165, 1.54) is 0 Å². The van der Waals surface area contributed by atoms with Crippen molar-refractivity contribution in [1.29, 1.82) is 0 Å². The first-order valence-corrected chi connectivity index (χ1v) is 8.50. The van der Waals surface area contributed by atoms with Gasteiger partial charge in [-0.05, 0) is 37.2 Å². The van der Waals surface area contributed by atoms with E-state index in [0.717, 1.165) is 19.4 Å². The summed E-state index contributed by atoms with van der Waals surface area (Å²) in [6.07, 6.45) is 2.37. The minimum absolute atomic E-state index is 0.0272. The highest BCUT2D eigenvalue weighted by molar-refractivity contribution is 7.80. The molecule has 1 aliphatic rings. The second-order valence-corrected chi connectivity index (χ2v) is 6.12. The van der Waals surface area contributed by atoms with Gasteiger partial charge in [-0.15, -0.1) is 0 Å². The molecular weight excluding hydrogens is 320 g/mol. The van der Waals surface area contributed by atoms with Crippen molar-refractivity contribution in [1.82, 2.24) is 5.32 Å². The van der Waals surface area contributed by atoms with Crippen LogP contribution in [0, 0.1) is 0 Å². The summed E-state index contributed by atoms with van der Waals surface area (Å²) >= 11 is 5.34. The SMILES string of the molecule is O=C(c1ccccc1)c1ccccc1NC(=S)NC[C@@H]1CCCO1. The Hall–Kier alpha value is -2.24. The van der Waals surface area contributed by atoms with Gasteiger partial charge < -0.3 is 15.4 Å². The number of carbonyl (C=O) groups is 1. The molecule has 2 N–H and O–H groups in total. The van der Waals surface area contributed by atoms with Gasteiger partial charge in [-0.3, -0.25) is 4.79 Å². The summed E-state index contributed by atoms with van der Waals surface area (Å²) in [6.45, 7) is 1.50. The molecule has 124 valence electrons. The molecule has 0 aliphatic carbocycles. The minimum Gasteiger partial charge on any atom is -0.376 e. The van der Waals surface area contributed by atoms with E-state index >= 15 is 0 Å². The molecule has 0 aromatic heterocycles. The molecule has 1 heterocycles. The highest BCUT2D eigenvalue weighted by Gasteiger charge is 2.16. The van der Waals surface area contributed by atoms with Crippen molar-refractivity contribution in [2.45, 2.75) is 18.9 Å². The molecule has 0 radical (unpaired) electrons. The lowest BCUT2D eigenvalue weighted by Gasteiger charge is -2.15. The Bertz CT molecular complexity index is 712. The molecule has 1 fully saturated rings. The molecule has 1 atom stereocenters. The summed E-state index contributed by atoms with van der Waals surface area (Å²) in [5, 5.41) is 6.79. The number of rotatable bonds is 5. The van der Waals surface area contributed by atoms with Gasteiger partial charge in [0.15, 0.2) is 10.9 Å². The van der Waals surface area contributed by atoms with Gasteiger partial charge in [-0.1, -0.05) is 42.5 Å². The zero-order valence-electron chi connectivity index (χ0n) is 13.3. The fourth-order valence-corrected chi connectivity index (χ4v) is 2.91. The standard InChI is InChI=1S/C19H20N2O2S/c22-18(14-7-2-1-3-8-14)16-10-4-5-11-17(16)21-19(24)20-13-15-9-6-12-23-15/h1-5,7-8,10-11,15H,6,9,12-13H2,(H2,20,21,24)/t15-/m0/s1. The van der Waals surface area contributed by atoms with Gasteiger partial charge in [0.25, 0.3) is 0 Å². The molecule has 2 aromatic rings. The summed E-state index contributed by atoms with van der Waals surface area (Å²) in [7, 11) is 0. The van der Waals surface area contributed by atoms with Gasteiger partial charge in [0.1, 0.15) is 0 Å². The number of hydrogen-bond acceptors (Lipinski definition) is 3. The summed E-state index contributed by atoms with van der Waals surface area (Å²) in [5.41, 5.74) is 1.96. The van der Waals surface area contributed by atoms with Crippen LogP contribution in [0.25, 0.3) is 0 Å². The number of carbonyl (C=O) groups excluding carboxylic acids is 1. The van der Waals surface area contributed by atoms with Crippen molar-refractivity contribution in [3.05, 3.63) is 65.7 Å². The number of ketones is 1. The van der Waals surface area contributed by atoms with Crippen LogP contribution in [0.3, 0.4) is 0 Å². The smallest absolute Gasteiger partial charge is 0.195 e. The Balaban J connectivity index is 1.67. The van der Waals surface area contributed by atoms with Crippen molar-refractivity contribution in [3.8, 4) is 0 Å². The molecule has 0 unspecified atom stereocenters. The van der Waals surface area contributed by atoms with Gasteiger partial charge in [0.2, 0.25) is 0 Å². The van der Waals surface area contributed by atoms with Gasteiger partial charge >= 0.3 is 0 Å². The van der Waals surface area contributed by atoms with Crippen LogP contribution in [0.4, 0.5) is 5.69 Å². The van der Waals surface area contributed by atoms with Crippen molar-refractivity contribution >= 4 is 28.8 Å². The van der Waals surface area contributed by atoms with Crippen LogP contribution in [-0.4, -0.2) is 30.2 Å². The first kappa shape index (κ1) is 16.6. The van der Waals surface area contributed by atoms with E-state index in [1.54, 1.807) is 6.07 Å². The maximum absolute atomic E-state index is 12.7. The second kappa shape index (κ2) is 8.04. The van der Waals surface area contributed by atoms with Gasteiger partial charge in [-0.2, -0.15) is 0 Å². The van der Waals surface area contributed by atoms with Crippen LogP contribution >= 0.6 is 12.2 Å². The molecule has 0 amide bonds. The highest BCUT2D eigenvalue weighted by atomic mass is 32.1. The number of benzene rings is 2. The summed E-state index contributed by atoms with van der Waals surface area (Å²) in [6, 6.07) is 16.6. The predicted octanol–water partition coefficient (Wildman–Crippen LogP) is 3.38. The summed E-state index contributed by atoms with van der Waals surface area (Å²) in [5.74, 6) is -0.0272. The fourth-order valence-electron chi connectivity index (χ4n) is 2.71. The fraction of sp³-hybridized carbons (Fsp3) is 0.263. The largest absolute Gasteiger partial charge is 0.376 e. The maximum Gasteiger partial charge on any atom is 0.195 e. The van der Waals surface area contributed by atoms with Crippen LogP contribution in [-0.2, 0) is 4.74 Å². The van der Waals surface area contributed by atoms with Crippen molar-refractivity contribution in [2.75, 3.05) is 18.5 Å². The zero-order valence-corrected chi connectivity index (χ0v) is 14.1. The zero-order chi connectivity index (χ0) is 16.8. The third kappa shape index (κ3) is 4.19. The Kier molecular flexibility index (Phi) is 5.56. The average molecular weight is 340 g/mol. The molecule has 1 aliphatic heterocycles. The lowest BCUT2D eigenvalue weighted by molar-refractivity contribution is 0.103. The van der Waals surface area contributed by atoms with Gasteiger partial charge in [0.05, 0.1) is 11.8 Å². The first-order chi connectivity index (χ1) is 11.7. The number of thiocarbonyl (C=S) groups is 1. The topological polar surface area (TPSA) is 50.4 Å². The van der Waals surface area contributed by atoms with E-state index in [9.17, 15) is 4.79 Å². The molecular formula is C19H20N2O2S. The van der Waals surface area contributed by atoms with Crippen molar-refractivity contribution < 1.29 is 9.53 Å². The van der Waals surface area contributed by atoms with Crippen LogP contribution in [0.2, 0.25) is 0 Å². The second-order valence-electron chi connectivity index (χ2n) is 5.71. The summed E-state index contributed by atoms with van der Waals surface area (Å²) < 4.78 is 5.57. The number of ether oxygens (including phenoxy) is 1. The molecule has 0 bridgehead atoms. The van der Waals surface area contributed by atoms with E-state index < -0.39 is 0 Å². The maximum atomic E-state index is 12.7. The molecule has 24 heavy (non-hydrogen) atoms. The molecule has 1 saturated heterocycles. The van der Waals surface area contributed by atoms with Crippen LogP contribution in [0.1, 0.15) is 28.8 Å². The van der Waals surface area contributed by atoms with Gasteiger partial charge in [-0.25, -0.2) is 0 Å². The number of anilines is 1. The van der Waals surface area contributed by atoms with Crippen LogP contribution < -0.4 is 10.6 Å². The van der Waals surface area contributed by atoms with E-state index in [4.69, 9.17) is 17.0 Å². The van der Waals surface area contributed by atoms with E-state index in [0.29, 0.717) is 28.5 Å². The van der Waals surface area contributed by atoms with Crippen LogP contribution in [0.15, 0.2) is 54.6 Å².